The fraction of sp³-hybridized carbons (Fsp3) is 0.818. The Balaban J connectivity index is 1.78. The summed E-state index contributed by atoms with van der Waals surface area (Å²) in [6, 6.07) is -2.24. The quantitative estimate of drug-likeness (QED) is 0.472. The van der Waals surface area contributed by atoms with Crippen molar-refractivity contribution < 1.29 is 41.8 Å². The number of carbonyl (C=O) groups is 4. The van der Waals surface area contributed by atoms with Gasteiger partial charge in [0.05, 0.1) is 6.04 Å². The van der Waals surface area contributed by atoms with Crippen molar-refractivity contribution in [1.29, 1.82) is 0 Å². The second-order valence-corrected chi connectivity index (χ2v) is 9.80. The van der Waals surface area contributed by atoms with Crippen molar-refractivity contribution in [3.63, 3.8) is 0 Å². The fourth-order valence-electron chi connectivity index (χ4n) is 5.38. The molecule has 2 saturated heterocycles. The van der Waals surface area contributed by atoms with E-state index in [9.17, 15) is 32.3 Å². The number of halogens is 3. The van der Waals surface area contributed by atoms with Crippen molar-refractivity contribution in [1.82, 2.24) is 15.5 Å². The molecular formula is C22H32F3N3O6. The molecule has 3 rings (SSSR count). The van der Waals surface area contributed by atoms with E-state index in [1.807, 2.05) is 13.8 Å². The number of fused-ring (bicyclic) bond motifs is 1. The third-order valence-electron chi connectivity index (χ3n) is 7.46. The monoisotopic (exact) mass is 491 g/mol. The van der Waals surface area contributed by atoms with Crippen LogP contribution in [0, 0.1) is 23.2 Å². The van der Waals surface area contributed by atoms with Crippen LogP contribution in [-0.2, 0) is 28.7 Å². The molecule has 3 fully saturated rings. The highest BCUT2D eigenvalue weighted by atomic mass is 19.4. The fourth-order valence-corrected chi connectivity index (χ4v) is 5.38. The lowest BCUT2D eigenvalue weighted by atomic mass is 9.94. The number of hydrogen-bond acceptors (Lipinski definition) is 6. The maximum atomic E-state index is 13.4. The second kappa shape index (κ2) is 9.80. The highest BCUT2D eigenvalue weighted by molar-refractivity contribution is 5.95. The minimum atomic E-state index is -5.01. The smallest absolute Gasteiger partial charge is 0.372 e. The van der Waals surface area contributed by atoms with Crippen LogP contribution in [0.25, 0.3) is 0 Å². The number of rotatable bonds is 10. The summed E-state index contributed by atoms with van der Waals surface area (Å²) in [7, 11) is 1.41. The Kier molecular flexibility index (Phi) is 7.61. The van der Waals surface area contributed by atoms with Crippen molar-refractivity contribution >= 4 is 23.5 Å². The van der Waals surface area contributed by atoms with Gasteiger partial charge in [-0.15, -0.1) is 13.2 Å². The first-order chi connectivity index (χ1) is 15.8. The van der Waals surface area contributed by atoms with Gasteiger partial charge in [-0.05, 0) is 36.5 Å². The summed E-state index contributed by atoms with van der Waals surface area (Å²) in [6.07, 6.45) is -5.08. The van der Waals surface area contributed by atoms with E-state index in [0.29, 0.717) is 25.9 Å². The summed E-state index contributed by atoms with van der Waals surface area (Å²) in [5.74, 6) is -2.96. The van der Waals surface area contributed by atoms with Gasteiger partial charge in [0.1, 0.15) is 18.8 Å². The van der Waals surface area contributed by atoms with Gasteiger partial charge in [-0.25, -0.2) is 0 Å². The van der Waals surface area contributed by atoms with Crippen LogP contribution in [0.4, 0.5) is 13.2 Å². The average Bonchev–Trinajstić information content (AvgIpc) is 3.12. The maximum absolute atomic E-state index is 13.4. The molecule has 0 aromatic carbocycles. The molecule has 0 radical (unpaired) electrons. The van der Waals surface area contributed by atoms with E-state index in [-0.39, 0.29) is 35.5 Å². The van der Waals surface area contributed by atoms with E-state index < -0.39 is 48.8 Å². The Bertz CT molecular complexity index is 829. The number of alkyl halides is 3. The number of piperidine rings is 1. The van der Waals surface area contributed by atoms with Gasteiger partial charge in [-0.1, -0.05) is 20.8 Å². The molecule has 9 nitrogen and oxygen atoms in total. The Morgan fingerprint density at radius 1 is 1.29 bits per heavy atom. The lowest BCUT2D eigenvalue weighted by Gasteiger charge is -2.33. The van der Waals surface area contributed by atoms with E-state index in [0.717, 1.165) is 0 Å². The van der Waals surface area contributed by atoms with Crippen LogP contribution >= 0.6 is 0 Å². The van der Waals surface area contributed by atoms with Crippen LogP contribution in [0.3, 0.4) is 0 Å². The molecule has 1 aliphatic carbocycles. The molecule has 0 bridgehead atoms. The zero-order valence-corrected chi connectivity index (χ0v) is 19.7. The van der Waals surface area contributed by atoms with Crippen LogP contribution in [0.15, 0.2) is 0 Å². The van der Waals surface area contributed by atoms with Crippen molar-refractivity contribution in [2.75, 3.05) is 26.8 Å². The highest BCUT2D eigenvalue weighted by Crippen LogP contribution is 2.65. The molecular weight excluding hydrogens is 459 g/mol. The molecule has 3 aliphatic rings. The number of amides is 3. The molecule has 3 amide bonds. The van der Waals surface area contributed by atoms with Gasteiger partial charge in [-0.3, -0.25) is 23.9 Å². The Labute approximate surface area is 196 Å². The molecule has 192 valence electrons. The van der Waals surface area contributed by atoms with Crippen LogP contribution in [0.5, 0.6) is 0 Å². The van der Waals surface area contributed by atoms with Crippen molar-refractivity contribution in [2.24, 2.45) is 23.2 Å². The number of Topliss-reactive ketones (excluding diaryl/α,β-unsaturated/α-hetero) is 1. The summed E-state index contributed by atoms with van der Waals surface area (Å²) in [5.41, 5.74) is -0.197. The van der Waals surface area contributed by atoms with E-state index in [4.69, 9.17) is 4.74 Å². The number of methoxy groups -OCH3 is 1. The normalized spacial score (nSPS) is 29.3. The first-order valence-electron chi connectivity index (χ1n) is 11.5. The van der Waals surface area contributed by atoms with Gasteiger partial charge >= 0.3 is 6.36 Å². The van der Waals surface area contributed by atoms with Crippen LogP contribution in [-0.4, -0.2) is 79.8 Å². The third kappa shape index (κ3) is 5.37. The Morgan fingerprint density at radius 3 is 2.50 bits per heavy atom. The molecule has 0 aromatic heterocycles. The van der Waals surface area contributed by atoms with Crippen molar-refractivity contribution in [3.05, 3.63) is 0 Å². The molecule has 1 saturated carbocycles. The summed E-state index contributed by atoms with van der Waals surface area (Å²) in [5, 5.41) is 5.16. The first kappa shape index (κ1) is 26.4. The number of carbonyl (C=O) groups excluding carboxylic acids is 4. The zero-order chi connectivity index (χ0) is 25.4. The second-order valence-electron chi connectivity index (χ2n) is 9.80. The minimum Gasteiger partial charge on any atom is -0.372 e. The molecule has 0 spiro atoms. The average molecular weight is 492 g/mol. The molecule has 2 aliphatic heterocycles. The lowest BCUT2D eigenvalue weighted by molar-refractivity contribution is -0.321. The predicted molar refractivity (Wildman–Crippen MR) is 112 cm³/mol. The first-order valence-corrected chi connectivity index (χ1v) is 11.5. The van der Waals surface area contributed by atoms with E-state index >= 15 is 0 Å². The zero-order valence-electron chi connectivity index (χ0n) is 19.7. The maximum Gasteiger partial charge on any atom is 0.522 e. The molecule has 0 unspecified atom stereocenters. The number of nitrogens with one attached hydrogen (secondary N) is 2. The van der Waals surface area contributed by atoms with E-state index in [1.54, 1.807) is 6.92 Å². The summed E-state index contributed by atoms with van der Waals surface area (Å²) < 4.78 is 46.4. The Hall–Kier alpha value is -2.21. The largest absolute Gasteiger partial charge is 0.522 e. The minimum absolute atomic E-state index is 0.0879. The van der Waals surface area contributed by atoms with Crippen LogP contribution in [0.1, 0.15) is 40.0 Å². The number of likely N-dealkylation sites (tertiary alicyclic amines) is 1. The summed E-state index contributed by atoms with van der Waals surface area (Å²) in [4.78, 5) is 52.5. The third-order valence-corrected chi connectivity index (χ3v) is 7.46. The molecule has 0 aromatic rings. The number of nitrogens with zero attached hydrogens (tertiary/aromatic N) is 1. The highest BCUT2D eigenvalue weighted by Gasteiger charge is 2.69. The SMILES string of the molecule is CC[C@@H](OC)C(=O)N1C[C@H]2[C@@H]([C@H]1C(=O)N[C@@H](C[C@@H]1CCNC1=O)C(=O)COC(F)(F)F)C2(C)C. The van der Waals surface area contributed by atoms with E-state index in [1.165, 1.54) is 12.0 Å². The van der Waals surface area contributed by atoms with Gasteiger partial charge in [0.2, 0.25) is 11.8 Å². The van der Waals surface area contributed by atoms with Crippen LogP contribution in [0.2, 0.25) is 0 Å². The van der Waals surface area contributed by atoms with Crippen LogP contribution < -0.4 is 10.6 Å². The van der Waals surface area contributed by atoms with Gasteiger partial charge in [-0.2, -0.15) is 0 Å². The molecule has 2 N–H and O–H groups in total. The van der Waals surface area contributed by atoms with Crippen molar-refractivity contribution in [2.45, 2.75) is 64.6 Å². The van der Waals surface area contributed by atoms with Gasteiger partial charge in [0, 0.05) is 26.1 Å². The topological polar surface area (TPSA) is 114 Å². The lowest BCUT2D eigenvalue weighted by Crippen LogP contribution is -2.56. The summed E-state index contributed by atoms with van der Waals surface area (Å²) in [6.45, 7) is 5.21. The molecule has 2 heterocycles. The van der Waals surface area contributed by atoms with E-state index in [2.05, 4.69) is 15.4 Å². The predicted octanol–water partition coefficient (Wildman–Crippen LogP) is 1.01. The standard InChI is InChI=1S/C22H32F3N3O6/c1-5-15(33-4)20(32)28-9-12-16(21(12,2)3)17(28)19(31)27-13(8-11-6-7-26-18(11)30)14(29)10-34-22(23,24)25/h11-13,15-17H,5-10H2,1-4H3,(H,26,30)(H,27,31)/t11-,12-,13-,15+,16-,17-/m0/s1. The number of hydrogen-bond donors (Lipinski definition) is 2. The number of ketones is 1. The molecule has 12 heteroatoms. The summed E-state index contributed by atoms with van der Waals surface area (Å²) >= 11 is 0. The van der Waals surface area contributed by atoms with Gasteiger partial charge in [0.25, 0.3) is 5.91 Å². The Morgan fingerprint density at radius 2 is 1.97 bits per heavy atom. The van der Waals surface area contributed by atoms with Gasteiger partial charge in [0.15, 0.2) is 5.78 Å². The number of ether oxygens (including phenoxy) is 2. The van der Waals surface area contributed by atoms with Gasteiger partial charge < -0.3 is 20.3 Å². The molecule has 6 atom stereocenters. The van der Waals surface area contributed by atoms with Crippen molar-refractivity contribution in [3.8, 4) is 0 Å². The molecule has 34 heavy (non-hydrogen) atoms.